The van der Waals surface area contributed by atoms with Crippen molar-refractivity contribution >= 4 is 24.9 Å². The van der Waals surface area contributed by atoms with E-state index in [1.165, 1.54) is 18.4 Å². The van der Waals surface area contributed by atoms with Crippen molar-refractivity contribution in [2.75, 3.05) is 30.7 Å². The number of unbranched alkanes of at least 4 members (excludes halogenated alkanes) is 2. The Morgan fingerprint density at radius 2 is 1.77 bits per heavy atom. The third-order valence-corrected chi connectivity index (χ3v) is 6.30. The van der Waals surface area contributed by atoms with E-state index in [0.29, 0.717) is 19.5 Å². The van der Waals surface area contributed by atoms with E-state index in [9.17, 15) is 4.57 Å². The Bertz CT molecular complexity index is 798. The van der Waals surface area contributed by atoms with Crippen LogP contribution in [0.2, 0.25) is 5.02 Å². The second-order valence-corrected chi connectivity index (χ2v) is 9.76. The SMILES string of the molecule is CCN(CCCCCc1ccccc1)c1ccc(CNCCCP(=O)(O)O)cc1Cl. The summed E-state index contributed by atoms with van der Waals surface area (Å²) in [6, 6.07) is 16.7. The second-order valence-electron chi connectivity index (χ2n) is 7.58. The van der Waals surface area contributed by atoms with Crippen LogP contribution in [0.3, 0.4) is 0 Å². The van der Waals surface area contributed by atoms with Crippen LogP contribution in [-0.2, 0) is 17.5 Å². The first-order valence-corrected chi connectivity index (χ1v) is 12.9. The Balaban J connectivity index is 1.73. The standard InChI is InChI=1S/C23H34ClN2O3P/c1-2-26(16-8-4-7-12-20-10-5-3-6-11-20)23-14-13-21(18-22(23)24)19-25-15-9-17-30(27,28)29/h3,5-6,10-11,13-14,18,25H,2,4,7-9,12,15-17,19H2,1H3,(H2,27,28,29). The van der Waals surface area contributed by atoms with Crippen LogP contribution in [0.5, 0.6) is 0 Å². The Kier molecular flexibility index (Phi) is 10.9. The zero-order chi connectivity index (χ0) is 21.8. The third kappa shape index (κ3) is 9.63. The van der Waals surface area contributed by atoms with Crippen LogP contribution < -0.4 is 10.2 Å². The maximum absolute atomic E-state index is 10.9. The monoisotopic (exact) mass is 452 g/mol. The molecule has 0 aliphatic rings. The number of nitrogens with one attached hydrogen (secondary N) is 1. The fraction of sp³-hybridized carbons (Fsp3) is 0.478. The van der Waals surface area contributed by atoms with Crippen LogP contribution >= 0.6 is 19.2 Å². The quantitative estimate of drug-likeness (QED) is 0.270. The normalized spacial score (nSPS) is 11.6. The lowest BCUT2D eigenvalue weighted by Gasteiger charge is -2.24. The van der Waals surface area contributed by atoms with Gasteiger partial charge in [-0.1, -0.05) is 54.4 Å². The van der Waals surface area contributed by atoms with Gasteiger partial charge in [0, 0.05) is 19.6 Å². The maximum atomic E-state index is 10.9. The minimum atomic E-state index is -3.90. The predicted octanol–water partition coefficient (Wildman–Crippen LogP) is 5.24. The first-order chi connectivity index (χ1) is 14.4. The molecule has 0 radical (unpaired) electrons. The van der Waals surface area contributed by atoms with Gasteiger partial charge in [0.1, 0.15) is 0 Å². The van der Waals surface area contributed by atoms with E-state index in [-0.39, 0.29) is 6.16 Å². The average molecular weight is 453 g/mol. The smallest absolute Gasteiger partial charge is 0.325 e. The van der Waals surface area contributed by atoms with Gasteiger partial charge in [-0.25, -0.2) is 0 Å². The lowest BCUT2D eigenvalue weighted by atomic mass is 10.1. The molecule has 30 heavy (non-hydrogen) atoms. The summed E-state index contributed by atoms with van der Waals surface area (Å²) in [5.74, 6) is 0. The van der Waals surface area contributed by atoms with Gasteiger partial charge in [0.25, 0.3) is 0 Å². The van der Waals surface area contributed by atoms with Gasteiger partial charge >= 0.3 is 7.60 Å². The summed E-state index contributed by atoms with van der Waals surface area (Å²) in [5, 5.41) is 3.96. The summed E-state index contributed by atoms with van der Waals surface area (Å²) >= 11 is 6.55. The molecular weight excluding hydrogens is 419 g/mol. The number of nitrogens with zero attached hydrogens (tertiary/aromatic N) is 1. The van der Waals surface area contributed by atoms with Crippen molar-refractivity contribution in [1.29, 1.82) is 0 Å². The first kappa shape index (κ1) is 24.9. The molecular formula is C23H34ClN2O3P. The third-order valence-electron chi connectivity index (χ3n) is 5.10. The molecule has 0 atom stereocenters. The van der Waals surface area contributed by atoms with Gasteiger partial charge in [0.05, 0.1) is 16.9 Å². The first-order valence-electron chi connectivity index (χ1n) is 10.7. The van der Waals surface area contributed by atoms with Gasteiger partial charge < -0.3 is 20.0 Å². The largest absolute Gasteiger partial charge is 0.371 e. The van der Waals surface area contributed by atoms with Crippen LogP contribution in [0, 0.1) is 0 Å². The summed E-state index contributed by atoms with van der Waals surface area (Å²) in [4.78, 5) is 20.1. The number of benzene rings is 2. The minimum absolute atomic E-state index is 0.0868. The molecule has 3 N–H and O–H groups in total. The zero-order valence-electron chi connectivity index (χ0n) is 17.8. The van der Waals surface area contributed by atoms with Gasteiger partial charge in [-0.2, -0.15) is 0 Å². The molecule has 2 rings (SSSR count). The number of hydrogen-bond donors (Lipinski definition) is 3. The Morgan fingerprint density at radius 1 is 1.00 bits per heavy atom. The fourth-order valence-electron chi connectivity index (χ4n) is 3.46. The molecule has 0 bridgehead atoms. The van der Waals surface area contributed by atoms with Crippen LogP contribution in [-0.4, -0.2) is 35.6 Å². The van der Waals surface area contributed by atoms with Crippen LogP contribution in [0.4, 0.5) is 5.69 Å². The molecule has 0 unspecified atom stereocenters. The molecule has 0 heterocycles. The lowest BCUT2D eigenvalue weighted by Crippen LogP contribution is -2.24. The van der Waals surface area contributed by atoms with E-state index in [1.807, 2.05) is 6.07 Å². The van der Waals surface area contributed by atoms with Crippen molar-refractivity contribution in [3.05, 3.63) is 64.7 Å². The highest BCUT2D eigenvalue weighted by molar-refractivity contribution is 7.51. The molecule has 0 saturated heterocycles. The van der Waals surface area contributed by atoms with Crippen LogP contribution in [0.25, 0.3) is 0 Å². The Hall–Kier alpha value is -1.36. The van der Waals surface area contributed by atoms with Gasteiger partial charge in [-0.3, -0.25) is 4.57 Å². The molecule has 0 aliphatic carbocycles. The van der Waals surface area contributed by atoms with Crippen molar-refractivity contribution < 1.29 is 14.4 Å². The van der Waals surface area contributed by atoms with Crippen molar-refractivity contribution in [1.82, 2.24) is 5.32 Å². The summed E-state index contributed by atoms with van der Waals surface area (Å²) < 4.78 is 10.9. The van der Waals surface area contributed by atoms with Crippen molar-refractivity contribution in [2.24, 2.45) is 0 Å². The van der Waals surface area contributed by atoms with Crippen molar-refractivity contribution in [2.45, 2.75) is 45.6 Å². The summed E-state index contributed by atoms with van der Waals surface area (Å²) in [6.45, 7) is 5.25. The molecule has 0 aromatic heterocycles. The van der Waals surface area contributed by atoms with Gasteiger partial charge in [-0.15, -0.1) is 0 Å². The van der Waals surface area contributed by atoms with E-state index in [2.05, 4.69) is 59.6 Å². The highest BCUT2D eigenvalue weighted by Crippen LogP contribution is 2.34. The topological polar surface area (TPSA) is 72.8 Å². The number of halogens is 1. The molecule has 2 aromatic carbocycles. The molecule has 0 fully saturated rings. The molecule has 0 spiro atoms. The number of anilines is 1. The zero-order valence-corrected chi connectivity index (χ0v) is 19.4. The second kappa shape index (κ2) is 13.1. The van der Waals surface area contributed by atoms with Crippen LogP contribution in [0.1, 0.15) is 43.7 Å². The van der Waals surface area contributed by atoms with Gasteiger partial charge in [-0.05, 0) is 62.4 Å². The van der Waals surface area contributed by atoms with E-state index in [4.69, 9.17) is 21.4 Å². The molecule has 0 aliphatic heterocycles. The lowest BCUT2D eigenvalue weighted by molar-refractivity contribution is 0.371. The highest BCUT2D eigenvalue weighted by atomic mass is 35.5. The minimum Gasteiger partial charge on any atom is -0.371 e. The molecule has 0 amide bonds. The van der Waals surface area contributed by atoms with Gasteiger partial charge in [0.2, 0.25) is 0 Å². The molecule has 0 saturated carbocycles. The number of hydrogen-bond acceptors (Lipinski definition) is 3. The van der Waals surface area contributed by atoms with E-state index in [0.717, 1.165) is 42.2 Å². The van der Waals surface area contributed by atoms with Crippen LogP contribution in [0.15, 0.2) is 48.5 Å². The highest BCUT2D eigenvalue weighted by Gasteiger charge is 2.12. The maximum Gasteiger partial charge on any atom is 0.325 e. The van der Waals surface area contributed by atoms with Crippen molar-refractivity contribution in [3.8, 4) is 0 Å². The molecule has 166 valence electrons. The summed E-state index contributed by atoms with van der Waals surface area (Å²) in [5.41, 5.74) is 3.53. The summed E-state index contributed by atoms with van der Waals surface area (Å²) in [6.07, 6.45) is 5.02. The van der Waals surface area contributed by atoms with E-state index >= 15 is 0 Å². The molecule has 2 aromatic rings. The summed E-state index contributed by atoms with van der Waals surface area (Å²) in [7, 11) is -3.90. The predicted molar refractivity (Wildman–Crippen MR) is 127 cm³/mol. The average Bonchev–Trinajstić information content (AvgIpc) is 2.71. The Morgan fingerprint density at radius 3 is 2.43 bits per heavy atom. The van der Waals surface area contributed by atoms with E-state index in [1.54, 1.807) is 0 Å². The molecule has 5 nitrogen and oxygen atoms in total. The Labute approximate surface area is 185 Å². The van der Waals surface area contributed by atoms with Gasteiger partial charge in [0.15, 0.2) is 0 Å². The number of aryl methyl sites for hydroxylation is 1. The molecule has 7 heteroatoms. The van der Waals surface area contributed by atoms with Crippen molar-refractivity contribution in [3.63, 3.8) is 0 Å². The number of rotatable bonds is 14. The van der Waals surface area contributed by atoms with E-state index < -0.39 is 7.60 Å². The fourth-order valence-corrected chi connectivity index (χ4v) is 4.35.